The highest BCUT2D eigenvalue weighted by Gasteiger charge is 2.38. The molecule has 1 aromatic heterocycles. The summed E-state index contributed by atoms with van der Waals surface area (Å²) in [7, 11) is 0. The molecule has 0 fully saturated rings. The van der Waals surface area contributed by atoms with E-state index in [-0.39, 0.29) is 28.0 Å². The Morgan fingerprint density at radius 1 is 0.966 bits per heavy atom. The van der Waals surface area contributed by atoms with Gasteiger partial charge in [0.15, 0.2) is 17.4 Å². The lowest BCUT2D eigenvalue weighted by atomic mass is 9.93. The van der Waals surface area contributed by atoms with Crippen LogP contribution in [0.15, 0.2) is 60.3 Å². The van der Waals surface area contributed by atoms with Crippen molar-refractivity contribution in [1.29, 1.82) is 5.26 Å². The van der Waals surface area contributed by atoms with Crippen LogP contribution >= 0.6 is 0 Å². The van der Waals surface area contributed by atoms with Crippen LogP contribution in [0.4, 0.5) is 8.78 Å². The fourth-order valence-corrected chi connectivity index (χ4v) is 4.03. The molecule has 0 saturated carbocycles. The van der Waals surface area contributed by atoms with Crippen LogP contribution in [0.5, 0.6) is 5.75 Å². The molecule has 0 amide bonds. The minimum atomic E-state index is -1.13. The third-order valence-corrected chi connectivity index (χ3v) is 5.18. The van der Waals surface area contributed by atoms with Gasteiger partial charge in [-0.25, -0.2) is 8.78 Å². The maximum absolute atomic E-state index is 13.9. The fraction of sp³-hybridized carbons (Fsp3) is 0. The Labute approximate surface area is 163 Å². The fourth-order valence-electron chi connectivity index (χ4n) is 4.03. The number of pyridine rings is 1. The molecule has 6 heteroatoms. The first-order valence-corrected chi connectivity index (χ1v) is 8.69. The molecule has 29 heavy (non-hydrogen) atoms. The molecule has 5 rings (SSSR count). The number of phenolic OH excluding ortho intramolecular Hbond substituents is 1. The van der Waals surface area contributed by atoms with E-state index in [1.54, 1.807) is 30.5 Å². The molecule has 0 saturated heterocycles. The predicted octanol–water partition coefficient (Wildman–Crippen LogP) is 4.65. The van der Waals surface area contributed by atoms with Crippen molar-refractivity contribution in [2.75, 3.05) is 0 Å². The number of aromatic nitrogens is 1. The lowest BCUT2D eigenvalue weighted by molar-refractivity contribution is 0.104. The summed E-state index contributed by atoms with van der Waals surface area (Å²) >= 11 is 0. The molecular formula is C23H10F2N2O2. The van der Waals surface area contributed by atoms with Crippen molar-refractivity contribution in [2.24, 2.45) is 0 Å². The summed E-state index contributed by atoms with van der Waals surface area (Å²) in [6, 6.07) is 12.0. The Hall–Kier alpha value is -4.11. The largest absolute Gasteiger partial charge is 0.507 e. The van der Waals surface area contributed by atoms with Crippen LogP contribution in [0.3, 0.4) is 0 Å². The third-order valence-electron chi connectivity index (χ3n) is 5.18. The normalized spacial score (nSPS) is 17.8. The smallest absolute Gasteiger partial charge is 0.195 e. The Morgan fingerprint density at radius 3 is 2.45 bits per heavy atom. The monoisotopic (exact) mass is 384 g/mol. The number of nitrogens with zero attached hydrogens (tertiary/aromatic N) is 2. The Balaban J connectivity index is 1.93. The number of hydrogen-bond donors (Lipinski definition) is 1. The van der Waals surface area contributed by atoms with Crippen molar-refractivity contribution >= 4 is 16.9 Å². The van der Waals surface area contributed by atoms with E-state index in [0.717, 1.165) is 18.2 Å². The first-order valence-electron chi connectivity index (χ1n) is 8.69. The van der Waals surface area contributed by atoms with Gasteiger partial charge >= 0.3 is 0 Å². The number of ketones is 1. The van der Waals surface area contributed by atoms with Gasteiger partial charge in [0.2, 0.25) is 0 Å². The van der Waals surface area contributed by atoms with Gasteiger partial charge in [0.25, 0.3) is 0 Å². The van der Waals surface area contributed by atoms with E-state index in [1.807, 2.05) is 6.07 Å². The average Bonchev–Trinajstić information content (AvgIpc) is 3.16. The third kappa shape index (κ3) is 2.21. The van der Waals surface area contributed by atoms with Gasteiger partial charge in [-0.05, 0) is 35.4 Å². The van der Waals surface area contributed by atoms with E-state index < -0.39 is 17.4 Å². The molecular weight excluding hydrogens is 374 g/mol. The molecule has 3 aromatic rings. The van der Waals surface area contributed by atoms with Crippen molar-refractivity contribution < 1.29 is 18.7 Å². The molecule has 4 nitrogen and oxygen atoms in total. The second-order valence-corrected chi connectivity index (χ2v) is 6.68. The minimum Gasteiger partial charge on any atom is -0.507 e. The lowest BCUT2D eigenvalue weighted by Crippen LogP contribution is -2.00. The number of hydrogen-bond acceptors (Lipinski definition) is 4. The molecule has 0 atom stereocenters. The summed E-state index contributed by atoms with van der Waals surface area (Å²) < 4.78 is 27.7. The lowest BCUT2D eigenvalue weighted by Gasteiger charge is -2.08. The van der Waals surface area contributed by atoms with Gasteiger partial charge in [-0.1, -0.05) is 18.2 Å². The highest BCUT2D eigenvalue weighted by atomic mass is 19.2. The summed E-state index contributed by atoms with van der Waals surface area (Å²) in [5.74, 6) is -2.74. The zero-order valence-corrected chi connectivity index (χ0v) is 14.7. The molecule has 1 N–H and O–H groups in total. The van der Waals surface area contributed by atoms with E-state index in [0.29, 0.717) is 28.0 Å². The summed E-state index contributed by atoms with van der Waals surface area (Å²) in [5, 5.41) is 19.7. The number of Topliss-reactive ketones (excluding diaryl/α,β-unsaturated/α-hetero) is 1. The molecule has 1 heterocycles. The number of carbonyl (C=O) groups is 1. The first-order chi connectivity index (χ1) is 14.0. The van der Waals surface area contributed by atoms with Gasteiger partial charge in [0, 0.05) is 40.1 Å². The predicted molar refractivity (Wildman–Crippen MR) is 102 cm³/mol. The van der Waals surface area contributed by atoms with Crippen LogP contribution in [0.2, 0.25) is 0 Å². The average molecular weight is 384 g/mol. The molecule has 0 unspecified atom stereocenters. The molecule has 2 aliphatic carbocycles. The zero-order chi connectivity index (χ0) is 20.3. The van der Waals surface area contributed by atoms with E-state index in [1.165, 1.54) is 6.07 Å². The quantitative estimate of drug-likeness (QED) is 0.354. The molecule has 2 aliphatic rings. The number of carbonyl (C=O) groups excluding carboxylic acids is 1. The van der Waals surface area contributed by atoms with Crippen molar-refractivity contribution in [3.63, 3.8) is 0 Å². The van der Waals surface area contributed by atoms with Crippen molar-refractivity contribution in [3.8, 4) is 23.1 Å². The van der Waals surface area contributed by atoms with E-state index in [4.69, 9.17) is 0 Å². The number of benzene rings is 2. The summed E-state index contributed by atoms with van der Waals surface area (Å²) in [4.78, 5) is 17.6. The number of phenols is 1. The van der Waals surface area contributed by atoms with Gasteiger partial charge in [-0.2, -0.15) is 5.26 Å². The highest BCUT2D eigenvalue weighted by molar-refractivity contribution is 6.32. The van der Waals surface area contributed by atoms with Gasteiger partial charge in [0.05, 0.1) is 17.3 Å². The van der Waals surface area contributed by atoms with Crippen molar-refractivity contribution in [2.45, 2.75) is 0 Å². The minimum absolute atomic E-state index is 0.00362. The Morgan fingerprint density at radius 2 is 1.69 bits per heavy atom. The number of fused-ring (bicyclic) bond motifs is 4. The van der Waals surface area contributed by atoms with Crippen LogP contribution in [-0.4, -0.2) is 15.9 Å². The Kier molecular flexibility index (Phi) is 3.49. The first kappa shape index (κ1) is 17.0. The van der Waals surface area contributed by atoms with Crippen LogP contribution in [0.25, 0.3) is 22.4 Å². The summed E-state index contributed by atoms with van der Waals surface area (Å²) in [5.41, 5.74) is 3.15. The molecule has 138 valence electrons. The molecule has 0 spiro atoms. The second-order valence-electron chi connectivity index (χ2n) is 6.68. The van der Waals surface area contributed by atoms with Crippen LogP contribution in [-0.2, 0) is 0 Å². The summed E-state index contributed by atoms with van der Waals surface area (Å²) in [6.07, 6.45) is 2.73. The molecule has 2 aromatic carbocycles. The summed E-state index contributed by atoms with van der Waals surface area (Å²) in [6.45, 7) is 0. The Bertz CT molecular complexity index is 1360. The maximum atomic E-state index is 13.9. The standard InChI is InChI=1S/C23H10F2N2O2/c24-16-9-14-11(6-7-26)21(23(29)15(14)10-17(16)25)19-12-3-1-5-18(28)20(12)22-13(19)4-2-8-27-22/h1-6,8-10,28H/b11-6?,21-19-. The topological polar surface area (TPSA) is 74.0 Å². The van der Waals surface area contributed by atoms with E-state index in [9.17, 15) is 23.9 Å². The van der Waals surface area contributed by atoms with Gasteiger partial charge in [-0.15, -0.1) is 0 Å². The molecule has 0 radical (unpaired) electrons. The van der Waals surface area contributed by atoms with Crippen LogP contribution < -0.4 is 0 Å². The molecule has 0 aliphatic heterocycles. The highest BCUT2D eigenvalue weighted by Crippen LogP contribution is 2.52. The van der Waals surface area contributed by atoms with E-state index in [2.05, 4.69) is 4.98 Å². The number of allylic oxidation sites excluding steroid dienone is 3. The second kappa shape index (κ2) is 5.94. The zero-order valence-electron chi connectivity index (χ0n) is 14.7. The number of nitriles is 1. The maximum Gasteiger partial charge on any atom is 0.195 e. The number of halogens is 2. The van der Waals surface area contributed by atoms with Gasteiger partial charge in [0.1, 0.15) is 5.75 Å². The number of aromatic hydroxyl groups is 1. The molecule has 0 bridgehead atoms. The van der Waals surface area contributed by atoms with Crippen LogP contribution in [0.1, 0.15) is 27.0 Å². The van der Waals surface area contributed by atoms with E-state index >= 15 is 0 Å². The van der Waals surface area contributed by atoms with Crippen molar-refractivity contribution in [1.82, 2.24) is 4.98 Å². The van der Waals surface area contributed by atoms with Gasteiger partial charge < -0.3 is 5.11 Å². The van der Waals surface area contributed by atoms with Gasteiger partial charge in [-0.3, -0.25) is 9.78 Å². The van der Waals surface area contributed by atoms with Crippen molar-refractivity contribution in [3.05, 3.63) is 94.2 Å². The van der Waals surface area contributed by atoms with Crippen LogP contribution in [0, 0.1) is 23.0 Å². The number of rotatable bonds is 0. The SMILES string of the molecule is N#CC=C1/C(=C2/c3cccnc3-c3c(O)cccc32)C(=O)c2cc(F)c(F)cc21.